The van der Waals surface area contributed by atoms with Crippen LogP contribution in [0, 0.1) is 0 Å². The first-order chi connectivity index (χ1) is 23.4. The monoisotopic (exact) mass is 820 g/mol. The van der Waals surface area contributed by atoms with E-state index in [1.807, 2.05) is 34.1 Å². The van der Waals surface area contributed by atoms with Crippen molar-refractivity contribution in [1.29, 1.82) is 0 Å². The van der Waals surface area contributed by atoms with Gasteiger partial charge in [-0.25, -0.2) is 0 Å². The second-order valence-electron chi connectivity index (χ2n) is 13.1. The number of benzene rings is 1. The zero-order valence-electron chi connectivity index (χ0n) is 32.3. The fraction of sp³-hybridized carbons (Fsp3) is 0.789. The number of amides is 2. The van der Waals surface area contributed by atoms with Crippen LogP contribution in [-0.4, -0.2) is 86.2 Å². The average molecular weight is 823 g/mol. The Morgan fingerprint density at radius 1 is 0.538 bits per heavy atom. The lowest BCUT2D eigenvalue weighted by molar-refractivity contribution is -0.133. The molecule has 2 atom stereocenters. The van der Waals surface area contributed by atoms with E-state index in [9.17, 15) is 9.59 Å². The molecule has 14 heteroatoms. The van der Waals surface area contributed by atoms with Crippen LogP contribution < -0.4 is 32.4 Å². The molecule has 2 amide bonds. The van der Waals surface area contributed by atoms with Crippen molar-refractivity contribution in [3.63, 3.8) is 0 Å². The Bertz CT molecular complexity index is 884. The van der Waals surface area contributed by atoms with Gasteiger partial charge in [0.2, 0.25) is 11.8 Å². The average Bonchev–Trinajstić information content (AvgIpc) is 3.09. The van der Waals surface area contributed by atoms with Gasteiger partial charge in [-0.1, -0.05) is 90.2 Å². The molecule has 0 bridgehead atoms. The molecule has 0 heterocycles. The number of hydrogen-bond donors (Lipinski definition) is 4. The van der Waals surface area contributed by atoms with E-state index in [4.69, 9.17) is 32.4 Å². The van der Waals surface area contributed by atoms with Crippen LogP contribution in [0.15, 0.2) is 24.3 Å². The summed E-state index contributed by atoms with van der Waals surface area (Å²) in [5, 5.41) is 0. The Balaban J connectivity index is -0.00000288. The Labute approximate surface area is 341 Å². The minimum atomic E-state index is -0.485. The van der Waals surface area contributed by atoms with E-state index in [0.29, 0.717) is 76.6 Å². The van der Waals surface area contributed by atoms with Crippen molar-refractivity contribution in [1.82, 2.24) is 9.80 Å². The van der Waals surface area contributed by atoms with Crippen molar-refractivity contribution in [2.45, 2.75) is 142 Å². The Hall–Kier alpha value is -1.24. The number of ether oxygens (including phenoxy) is 2. The highest BCUT2D eigenvalue weighted by Crippen LogP contribution is 2.27. The second kappa shape index (κ2) is 39.5. The lowest BCUT2D eigenvalue weighted by Crippen LogP contribution is -2.45. The highest BCUT2D eigenvalue weighted by Gasteiger charge is 2.21. The van der Waals surface area contributed by atoms with Crippen LogP contribution in [0.2, 0.25) is 0 Å². The van der Waals surface area contributed by atoms with E-state index in [2.05, 4.69) is 13.8 Å². The summed E-state index contributed by atoms with van der Waals surface area (Å²) in [6.45, 7) is 9.24. The maximum absolute atomic E-state index is 13.2. The van der Waals surface area contributed by atoms with Gasteiger partial charge in [-0.05, 0) is 76.6 Å². The van der Waals surface area contributed by atoms with Crippen molar-refractivity contribution in [3.8, 4) is 11.5 Å². The maximum atomic E-state index is 13.2. The minimum absolute atomic E-state index is 0. The number of rotatable bonds is 32. The zero-order chi connectivity index (χ0) is 35.2. The molecule has 0 saturated heterocycles. The van der Waals surface area contributed by atoms with Crippen molar-refractivity contribution in [2.75, 3.05) is 52.5 Å². The van der Waals surface area contributed by atoms with E-state index >= 15 is 0 Å². The van der Waals surface area contributed by atoms with Crippen molar-refractivity contribution >= 4 is 61.4 Å². The quantitative estimate of drug-likeness (QED) is 0.0546. The smallest absolute Gasteiger partial charge is 0.239 e. The molecule has 0 saturated carbocycles. The van der Waals surface area contributed by atoms with Gasteiger partial charge in [-0.3, -0.25) is 9.59 Å². The van der Waals surface area contributed by atoms with E-state index in [0.717, 1.165) is 64.5 Å². The van der Waals surface area contributed by atoms with Crippen LogP contribution in [0.5, 0.6) is 11.5 Å². The molecule has 0 radical (unpaired) electrons. The van der Waals surface area contributed by atoms with Crippen molar-refractivity contribution in [2.24, 2.45) is 22.9 Å². The van der Waals surface area contributed by atoms with E-state index in [-0.39, 0.29) is 61.4 Å². The number of halogens is 4. The SMILES string of the molecule is CCCCCCCN(CCCOc1ccccc1OCCCN(CCCCCCC)C(=O)[C@@H](N)CCCCN)C(=O)[C@@H](N)CCCCN.Cl.Cl.Cl.Cl. The summed E-state index contributed by atoms with van der Waals surface area (Å²) in [6.07, 6.45) is 17.6. The van der Waals surface area contributed by atoms with Gasteiger partial charge in [0.1, 0.15) is 0 Å². The molecule has 0 spiro atoms. The van der Waals surface area contributed by atoms with Crippen LogP contribution in [0.1, 0.15) is 129 Å². The molecular formula is C38H76Cl4N6O4. The highest BCUT2D eigenvalue weighted by atomic mass is 35.5. The third-order valence-electron chi connectivity index (χ3n) is 8.77. The lowest BCUT2D eigenvalue weighted by atomic mass is 10.1. The predicted molar refractivity (Wildman–Crippen MR) is 228 cm³/mol. The molecule has 1 aromatic rings. The number of unbranched alkanes of at least 4 members (excludes halogenated alkanes) is 10. The van der Waals surface area contributed by atoms with E-state index in [1.165, 1.54) is 38.5 Å². The lowest BCUT2D eigenvalue weighted by Gasteiger charge is -2.26. The van der Waals surface area contributed by atoms with Crippen LogP contribution in [0.3, 0.4) is 0 Å². The molecule has 0 fully saturated rings. The fourth-order valence-corrected chi connectivity index (χ4v) is 5.77. The van der Waals surface area contributed by atoms with Crippen LogP contribution >= 0.6 is 49.6 Å². The molecule has 0 unspecified atom stereocenters. The van der Waals surface area contributed by atoms with Gasteiger partial charge in [0.15, 0.2) is 11.5 Å². The van der Waals surface area contributed by atoms with Crippen LogP contribution in [0.25, 0.3) is 0 Å². The van der Waals surface area contributed by atoms with Gasteiger partial charge in [0, 0.05) is 26.2 Å². The van der Waals surface area contributed by atoms with Gasteiger partial charge in [-0.2, -0.15) is 0 Å². The number of carbonyl (C=O) groups excluding carboxylic acids is 2. The number of carbonyl (C=O) groups is 2. The summed E-state index contributed by atoms with van der Waals surface area (Å²) in [4.78, 5) is 30.2. The molecule has 0 aliphatic carbocycles. The molecular weight excluding hydrogens is 746 g/mol. The summed E-state index contributed by atoms with van der Waals surface area (Å²) >= 11 is 0. The maximum Gasteiger partial charge on any atom is 0.239 e. The minimum Gasteiger partial charge on any atom is -0.490 e. The van der Waals surface area contributed by atoms with E-state index < -0.39 is 12.1 Å². The third-order valence-corrected chi connectivity index (χ3v) is 8.77. The van der Waals surface area contributed by atoms with Crippen molar-refractivity contribution in [3.05, 3.63) is 24.3 Å². The van der Waals surface area contributed by atoms with Crippen LogP contribution in [-0.2, 0) is 9.59 Å². The van der Waals surface area contributed by atoms with Gasteiger partial charge in [0.05, 0.1) is 25.3 Å². The number of para-hydroxylation sites is 2. The first-order valence-corrected chi connectivity index (χ1v) is 19.2. The molecule has 310 valence electrons. The first-order valence-electron chi connectivity index (χ1n) is 19.2. The predicted octanol–water partition coefficient (Wildman–Crippen LogP) is 7.42. The van der Waals surface area contributed by atoms with E-state index in [1.54, 1.807) is 0 Å². The van der Waals surface area contributed by atoms with Crippen molar-refractivity contribution < 1.29 is 19.1 Å². The zero-order valence-corrected chi connectivity index (χ0v) is 35.6. The third kappa shape index (κ3) is 27.4. The molecule has 0 aromatic heterocycles. The van der Waals surface area contributed by atoms with Gasteiger partial charge in [-0.15, -0.1) is 49.6 Å². The second-order valence-corrected chi connectivity index (χ2v) is 13.1. The summed E-state index contributed by atoms with van der Waals surface area (Å²) in [6, 6.07) is 6.71. The molecule has 0 aliphatic heterocycles. The largest absolute Gasteiger partial charge is 0.490 e. The normalized spacial score (nSPS) is 11.5. The number of nitrogens with zero attached hydrogens (tertiary/aromatic N) is 2. The topological polar surface area (TPSA) is 163 Å². The number of hydrogen-bond acceptors (Lipinski definition) is 8. The van der Waals surface area contributed by atoms with Gasteiger partial charge >= 0.3 is 0 Å². The van der Waals surface area contributed by atoms with Gasteiger partial charge in [0.25, 0.3) is 0 Å². The summed E-state index contributed by atoms with van der Waals surface area (Å²) in [5.74, 6) is 1.41. The van der Waals surface area contributed by atoms with Gasteiger partial charge < -0.3 is 42.2 Å². The molecule has 8 N–H and O–H groups in total. The Morgan fingerprint density at radius 3 is 1.23 bits per heavy atom. The number of nitrogens with two attached hydrogens (primary N) is 4. The molecule has 52 heavy (non-hydrogen) atoms. The summed E-state index contributed by atoms with van der Waals surface area (Å²) < 4.78 is 12.3. The molecule has 1 rings (SSSR count). The molecule has 10 nitrogen and oxygen atoms in total. The standard InChI is InChI=1S/C38H72N6O4.4ClH/c1-3-5-7-9-17-27-43(37(45)33(41)21-13-15-25-39)29-19-31-47-35-23-11-12-24-36(35)48-32-20-30-44(28-18-10-8-6-4-2)38(46)34(42)22-14-16-26-40;;;;/h11-12,23-24,33-34H,3-10,13-22,25-32,39-42H2,1-2H3;4*1H/t33-,34-;;;;/m0..../s1. The Kier molecular flexibility index (Phi) is 43.6. The molecule has 0 aliphatic rings. The summed E-state index contributed by atoms with van der Waals surface area (Å²) in [7, 11) is 0. The molecule has 1 aromatic carbocycles. The Morgan fingerprint density at radius 2 is 0.885 bits per heavy atom. The summed E-state index contributed by atoms with van der Waals surface area (Å²) in [5.41, 5.74) is 23.8. The fourth-order valence-electron chi connectivity index (χ4n) is 5.77. The first kappa shape index (κ1) is 57.5. The van der Waals surface area contributed by atoms with Crippen LogP contribution in [0.4, 0.5) is 0 Å². The highest BCUT2D eigenvalue weighted by molar-refractivity contribution is 5.86.